The molecular weight excluding hydrogens is 603 g/mol. The normalized spacial score (nSPS) is 13.2. The van der Waals surface area contributed by atoms with Gasteiger partial charge < -0.3 is 4.57 Å². The molecule has 0 unspecified atom stereocenters. The third kappa shape index (κ3) is 4.33. The lowest BCUT2D eigenvalue weighted by Crippen LogP contribution is -2.14. The molecule has 0 N–H and O–H groups in total. The Hall–Kier alpha value is -6.18. The van der Waals surface area contributed by atoms with Gasteiger partial charge in [0.2, 0.25) is 0 Å². The standard InChI is InChI=1S/C49H35N/c1-49(2)45-19-11-9-17-40(45)44-30-35-23-26-42-41-18-10-12-20-47(41)50(48(42)43(35)31-46(44)49)39-24-21-34(22-25-39)38-28-36(32-13-5-3-6-14-32)27-37(29-38)33-15-7-4-8-16-33/h3-31H,1-2H3. The molecule has 10 rings (SSSR count). The van der Waals surface area contributed by atoms with Gasteiger partial charge >= 0.3 is 0 Å². The van der Waals surface area contributed by atoms with E-state index in [9.17, 15) is 0 Å². The number of hydrogen-bond donors (Lipinski definition) is 0. The molecule has 236 valence electrons. The zero-order valence-corrected chi connectivity index (χ0v) is 28.2. The van der Waals surface area contributed by atoms with Crippen molar-refractivity contribution in [3.05, 3.63) is 187 Å². The highest BCUT2D eigenvalue weighted by atomic mass is 15.0. The van der Waals surface area contributed by atoms with Crippen molar-refractivity contribution in [2.24, 2.45) is 0 Å². The third-order valence-corrected chi connectivity index (χ3v) is 11.0. The maximum Gasteiger partial charge on any atom is 0.0619 e. The van der Waals surface area contributed by atoms with Crippen molar-refractivity contribution in [2.45, 2.75) is 19.3 Å². The summed E-state index contributed by atoms with van der Waals surface area (Å²) in [4.78, 5) is 0. The van der Waals surface area contributed by atoms with Gasteiger partial charge in [-0.1, -0.05) is 141 Å². The predicted molar refractivity (Wildman–Crippen MR) is 212 cm³/mol. The van der Waals surface area contributed by atoms with Crippen LogP contribution in [0.1, 0.15) is 25.0 Å². The summed E-state index contributed by atoms with van der Waals surface area (Å²) >= 11 is 0. The topological polar surface area (TPSA) is 4.93 Å². The van der Waals surface area contributed by atoms with Crippen molar-refractivity contribution < 1.29 is 0 Å². The summed E-state index contributed by atoms with van der Waals surface area (Å²) in [6.07, 6.45) is 0. The summed E-state index contributed by atoms with van der Waals surface area (Å²) in [6.45, 7) is 4.74. The molecule has 0 saturated heterocycles. The van der Waals surface area contributed by atoms with Gasteiger partial charge in [0.1, 0.15) is 0 Å². The lowest BCUT2D eigenvalue weighted by atomic mass is 9.82. The number of aromatic nitrogens is 1. The zero-order valence-electron chi connectivity index (χ0n) is 28.2. The van der Waals surface area contributed by atoms with E-state index in [1.54, 1.807) is 0 Å². The molecule has 0 atom stereocenters. The van der Waals surface area contributed by atoms with E-state index in [1.165, 1.54) is 88.2 Å². The molecule has 1 aliphatic carbocycles. The van der Waals surface area contributed by atoms with Gasteiger partial charge in [0.15, 0.2) is 0 Å². The molecule has 0 bridgehead atoms. The summed E-state index contributed by atoms with van der Waals surface area (Å²) < 4.78 is 2.48. The fourth-order valence-corrected chi connectivity index (χ4v) is 8.44. The second kappa shape index (κ2) is 10.9. The largest absolute Gasteiger partial charge is 0.309 e. The van der Waals surface area contributed by atoms with E-state index in [2.05, 4.69) is 194 Å². The summed E-state index contributed by atoms with van der Waals surface area (Å²) in [6, 6.07) is 64.8. The van der Waals surface area contributed by atoms with Crippen LogP contribution < -0.4 is 0 Å². The number of hydrogen-bond acceptors (Lipinski definition) is 0. The Labute approximate surface area is 292 Å². The summed E-state index contributed by atoms with van der Waals surface area (Å²) in [7, 11) is 0. The number of rotatable bonds is 4. The highest BCUT2D eigenvalue weighted by Crippen LogP contribution is 2.51. The lowest BCUT2D eigenvalue weighted by Gasteiger charge is -2.22. The van der Waals surface area contributed by atoms with Crippen molar-refractivity contribution in [2.75, 3.05) is 0 Å². The number of fused-ring (bicyclic) bond motifs is 8. The van der Waals surface area contributed by atoms with Gasteiger partial charge in [-0.2, -0.15) is 0 Å². The molecule has 1 nitrogen and oxygen atoms in total. The van der Waals surface area contributed by atoms with E-state index in [-0.39, 0.29) is 5.41 Å². The van der Waals surface area contributed by atoms with E-state index < -0.39 is 0 Å². The average Bonchev–Trinajstić information content (AvgIpc) is 3.63. The van der Waals surface area contributed by atoms with Crippen LogP contribution in [0.3, 0.4) is 0 Å². The molecule has 1 heteroatoms. The van der Waals surface area contributed by atoms with Crippen LogP contribution in [0.15, 0.2) is 176 Å². The van der Waals surface area contributed by atoms with E-state index >= 15 is 0 Å². The first kappa shape index (κ1) is 28.8. The van der Waals surface area contributed by atoms with Crippen molar-refractivity contribution in [3.8, 4) is 50.2 Å². The fourth-order valence-electron chi connectivity index (χ4n) is 8.44. The second-order valence-corrected chi connectivity index (χ2v) is 14.2. The van der Waals surface area contributed by atoms with Crippen LogP contribution in [0.5, 0.6) is 0 Å². The van der Waals surface area contributed by atoms with Gasteiger partial charge in [-0.05, 0) is 110 Å². The quantitative estimate of drug-likeness (QED) is 0.181. The molecule has 0 amide bonds. The molecule has 1 heterocycles. The van der Waals surface area contributed by atoms with Crippen LogP contribution in [0.4, 0.5) is 0 Å². The van der Waals surface area contributed by atoms with Crippen LogP contribution in [0.2, 0.25) is 0 Å². The summed E-state index contributed by atoms with van der Waals surface area (Å²) in [5.74, 6) is 0. The highest BCUT2D eigenvalue weighted by Gasteiger charge is 2.35. The minimum absolute atomic E-state index is 0.0618. The molecule has 0 saturated carbocycles. The monoisotopic (exact) mass is 637 g/mol. The van der Waals surface area contributed by atoms with Gasteiger partial charge in [-0.25, -0.2) is 0 Å². The fraction of sp³-hybridized carbons (Fsp3) is 0.0612. The van der Waals surface area contributed by atoms with E-state index in [4.69, 9.17) is 0 Å². The van der Waals surface area contributed by atoms with E-state index in [0.717, 1.165) is 5.69 Å². The summed E-state index contributed by atoms with van der Waals surface area (Å²) in [5, 5.41) is 5.13. The lowest BCUT2D eigenvalue weighted by molar-refractivity contribution is 0.661. The predicted octanol–water partition coefficient (Wildman–Crippen LogP) is 13.2. The Morgan fingerprint density at radius 3 is 1.64 bits per heavy atom. The number of benzene rings is 8. The highest BCUT2D eigenvalue weighted by molar-refractivity contribution is 6.19. The second-order valence-electron chi connectivity index (χ2n) is 14.2. The van der Waals surface area contributed by atoms with Crippen molar-refractivity contribution >= 4 is 32.6 Å². The molecule has 0 fully saturated rings. The minimum atomic E-state index is -0.0618. The smallest absolute Gasteiger partial charge is 0.0619 e. The molecule has 0 radical (unpaired) electrons. The Bertz CT molecular complexity index is 2690. The van der Waals surface area contributed by atoms with Gasteiger partial charge in [-0.3, -0.25) is 0 Å². The summed E-state index contributed by atoms with van der Waals surface area (Å²) in [5.41, 5.74) is 16.4. The first-order valence-electron chi connectivity index (χ1n) is 17.5. The van der Waals surface area contributed by atoms with Gasteiger partial charge in [0, 0.05) is 27.3 Å². The molecule has 1 aromatic heterocycles. The Morgan fingerprint density at radius 1 is 0.380 bits per heavy atom. The zero-order chi connectivity index (χ0) is 33.4. The molecule has 0 aliphatic heterocycles. The first-order chi connectivity index (χ1) is 24.5. The Morgan fingerprint density at radius 2 is 0.960 bits per heavy atom. The molecular formula is C49H35N. The van der Waals surface area contributed by atoms with Crippen LogP contribution in [-0.2, 0) is 5.41 Å². The maximum absolute atomic E-state index is 2.48. The Kier molecular flexibility index (Phi) is 6.29. The van der Waals surface area contributed by atoms with Crippen molar-refractivity contribution in [3.63, 3.8) is 0 Å². The van der Waals surface area contributed by atoms with Crippen molar-refractivity contribution in [1.82, 2.24) is 4.57 Å². The molecule has 0 spiro atoms. The van der Waals surface area contributed by atoms with Crippen molar-refractivity contribution in [1.29, 1.82) is 0 Å². The maximum atomic E-state index is 2.48. The molecule has 1 aliphatic rings. The molecule has 9 aromatic rings. The third-order valence-electron chi connectivity index (χ3n) is 11.0. The minimum Gasteiger partial charge on any atom is -0.309 e. The number of nitrogens with zero attached hydrogens (tertiary/aromatic N) is 1. The number of para-hydroxylation sites is 1. The molecule has 50 heavy (non-hydrogen) atoms. The first-order valence-corrected chi connectivity index (χ1v) is 17.5. The SMILES string of the molecule is CC1(C)c2ccccc2-c2cc3ccc4c5ccccc5n(-c5ccc(-c6cc(-c7ccccc7)cc(-c7ccccc7)c6)cc5)c4c3cc21. The van der Waals surface area contributed by atoms with Crippen LogP contribution >= 0.6 is 0 Å². The van der Waals surface area contributed by atoms with Crippen LogP contribution in [0, 0.1) is 0 Å². The molecule has 8 aromatic carbocycles. The van der Waals surface area contributed by atoms with E-state index in [1.807, 2.05) is 0 Å². The van der Waals surface area contributed by atoms with Crippen LogP contribution in [0.25, 0.3) is 82.8 Å². The van der Waals surface area contributed by atoms with Gasteiger partial charge in [-0.15, -0.1) is 0 Å². The van der Waals surface area contributed by atoms with Gasteiger partial charge in [0.05, 0.1) is 11.0 Å². The van der Waals surface area contributed by atoms with Crippen LogP contribution in [-0.4, -0.2) is 4.57 Å². The van der Waals surface area contributed by atoms with E-state index in [0.29, 0.717) is 0 Å². The van der Waals surface area contributed by atoms with Gasteiger partial charge in [0.25, 0.3) is 0 Å². The average molecular weight is 638 g/mol. The Balaban J connectivity index is 1.16.